The highest BCUT2D eigenvalue weighted by Crippen LogP contribution is 2.43. The number of rotatable bonds is 4. The van der Waals surface area contributed by atoms with Gasteiger partial charge in [0, 0.05) is 0 Å². The molecule has 0 aliphatic heterocycles. The van der Waals surface area contributed by atoms with Gasteiger partial charge in [-0.25, -0.2) is 13.5 Å². The second kappa shape index (κ2) is 8.64. The van der Waals surface area contributed by atoms with Crippen molar-refractivity contribution in [2.75, 3.05) is 6.26 Å². The van der Waals surface area contributed by atoms with Gasteiger partial charge in [0.05, 0.1) is 22.3 Å². The lowest BCUT2D eigenvalue weighted by atomic mass is 10.0. The third-order valence-electron chi connectivity index (χ3n) is 4.64. The molecule has 4 rings (SSSR count). The summed E-state index contributed by atoms with van der Waals surface area (Å²) in [7, 11) is 0. The molecule has 0 saturated carbocycles. The van der Waals surface area contributed by atoms with Gasteiger partial charge >= 0.3 is 6.18 Å². The van der Waals surface area contributed by atoms with Gasteiger partial charge in [0.25, 0.3) is 0 Å². The molecule has 5 nitrogen and oxygen atoms in total. The molecule has 0 bridgehead atoms. The summed E-state index contributed by atoms with van der Waals surface area (Å²) in [5.74, 6) is -2.40. The molecule has 0 saturated heterocycles. The van der Waals surface area contributed by atoms with Gasteiger partial charge in [0.15, 0.2) is 11.5 Å². The van der Waals surface area contributed by atoms with Crippen LogP contribution in [0.1, 0.15) is 16.1 Å². The lowest BCUT2D eigenvalue weighted by Crippen LogP contribution is -2.15. The molecule has 33 heavy (non-hydrogen) atoms. The minimum absolute atomic E-state index is 0.122. The van der Waals surface area contributed by atoms with E-state index in [0.29, 0.717) is 16.4 Å². The summed E-state index contributed by atoms with van der Waals surface area (Å²) in [6, 6.07) is 8.45. The molecule has 2 heterocycles. The molecule has 0 amide bonds. The fourth-order valence-electron chi connectivity index (χ4n) is 3.25. The van der Waals surface area contributed by atoms with Crippen molar-refractivity contribution in [3.8, 4) is 28.3 Å². The minimum atomic E-state index is -5.03. The van der Waals surface area contributed by atoms with Crippen molar-refractivity contribution in [3.63, 3.8) is 0 Å². The van der Waals surface area contributed by atoms with Gasteiger partial charge in [-0.1, -0.05) is 46.7 Å². The number of hydrogen-bond acceptors (Lipinski definition) is 5. The SMILES string of the molecule is CSC(=O)c1c(-c2c(F)cccc2Cl)noc1-c1cnn(-c2ccccc2F)c1C(F)(F)F. The molecule has 0 radical (unpaired) electrons. The maximum absolute atomic E-state index is 14.5. The van der Waals surface area contributed by atoms with Gasteiger partial charge in [0.2, 0.25) is 5.12 Å². The van der Waals surface area contributed by atoms with Crippen LogP contribution in [0.5, 0.6) is 0 Å². The van der Waals surface area contributed by atoms with Crippen LogP contribution in [0.25, 0.3) is 28.3 Å². The third kappa shape index (κ3) is 4.02. The fraction of sp³-hybridized carbons (Fsp3) is 0.0952. The summed E-state index contributed by atoms with van der Waals surface area (Å²) in [5.41, 5.74) is -3.63. The average Bonchev–Trinajstić information content (AvgIpc) is 3.38. The van der Waals surface area contributed by atoms with Gasteiger partial charge < -0.3 is 4.52 Å². The molecule has 12 heteroatoms. The van der Waals surface area contributed by atoms with Crippen molar-refractivity contribution in [2.24, 2.45) is 0 Å². The Labute approximate surface area is 192 Å². The molecule has 4 aromatic rings. The van der Waals surface area contributed by atoms with Crippen LogP contribution in [0, 0.1) is 11.6 Å². The van der Waals surface area contributed by atoms with Crippen LogP contribution in [-0.4, -0.2) is 26.3 Å². The summed E-state index contributed by atoms with van der Waals surface area (Å²) in [5, 5.41) is 6.48. The molecule has 0 unspecified atom stereocenters. The summed E-state index contributed by atoms with van der Waals surface area (Å²) in [6.45, 7) is 0. The van der Waals surface area contributed by atoms with E-state index in [-0.39, 0.29) is 16.3 Å². The first-order chi connectivity index (χ1) is 15.6. The number of thioether (sulfide) groups is 1. The Kier molecular flexibility index (Phi) is 6.02. The lowest BCUT2D eigenvalue weighted by Gasteiger charge is -2.13. The Balaban J connectivity index is 2.02. The monoisotopic (exact) mass is 499 g/mol. The maximum atomic E-state index is 14.5. The topological polar surface area (TPSA) is 60.9 Å². The number of para-hydroxylation sites is 1. The maximum Gasteiger partial charge on any atom is 0.434 e. The lowest BCUT2D eigenvalue weighted by molar-refractivity contribution is -0.142. The average molecular weight is 500 g/mol. The van der Waals surface area contributed by atoms with Gasteiger partial charge in [-0.3, -0.25) is 4.79 Å². The summed E-state index contributed by atoms with van der Waals surface area (Å²) >= 11 is 6.72. The van der Waals surface area contributed by atoms with Crippen LogP contribution in [0.15, 0.2) is 53.2 Å². The van der Waals surface area contributed by atoms with Crippen LogP contribution in [-0.2, 0) is 6.18 Å². The number of carbonyl (C=O) groups is 1. The van der Waals surface area contributed by atoms with Crippen molar-refractivity contribution in [1.29, 1.82) is 0 Å². The Morgan fingerprint density at radius 3 is 2.42 bits per heavy atom. The highest BCUT2D eigenvalue weighted by molar-refractivity contribution is 8.13. The molecular formula is C21H11ClF5N3O2S. The minimum Gasteiger partial charge on any atom is -0.355 e. The van der Waals surface area contributed by atoms with Crippen LogP contribution in [0.3, 0.4) is 0 Å². The van der Waals surface area contributed by atoms with E-state index in [9.17, 15) is 26.7 Å². The molecule has 2 aromatic heterocycles. The highest BCUT2D eigenvalue weighted by atomic mass is 35.5. The Morgan fingerprint density at radius 1 is 1.09 bits per heavy atom. The summed E-state index contributed by atoms with van der Waals surface area (Å²) < 4.78 is 76.6. The quantitative estimate of drug-likeness (QED) is 0.294. The van der Waals surface area contributed by atoms with E-state index >= 15 is 0 Å². The van der Waals surface area contributed by atoms with Gasteiger partial charge in [-0.05, 0) is 30.5 Å². The van der Waals surface area contributed by atoms with Gasteiger partial charge in [-0.15, -0.1) is 0 Å². The highest BCUT2D eigenvalue weighted by Gasteiger charge is 2.42. The van der Waals surface area contributed by atoms with E-state index in [0.717, 1.165) is 24.4 Å². The zero-order valence-electron chi connectivity index (χ0n) is 16.5. The number of carbonyl (C=O) groups excluding carboxylic acids is 1. The second-order valence-electron chi connectivity index (χ2n) is 6.59. The van der Waals surface area contributed by atoms with E-state index in [2.05, 4.69) is 10.3 Å². The van der Waals surface area contributed by atoms with Crippen LogP contribution in [0.4, 0.5) is 22.0 Å². The predicted octanol–water partition coefficient (Wildman–Crippen LogP) is 6.65. The normalized spacial score (nSPS) is 11.7. The molecule has 2 aromatic carbocycles. The second-order valence-corrected chi connectivity index (χ2v) is 7.78. The zero-order valence-corrected chi connectivity index (χ0v) is 18.0. The fourth-order valence-corrected chi connectivity index (χ4v) is 3.90. The van der Waals surface area contributed by atoms with Crippen molar-refractivity contribution in [1.82, 2.24) is 14.9 Å². The van der Waals surface area contributed by atoms with E-state index in [1.807, 2.05) is 0 Å². The Bertz CT molecular complexity index is 1350. The van der Waals surface area contributed by atoms with Crippen LogP contribution >= 0.6 is 23.4 Å². The standard InChI is InChI=1S/C21H11ClF5N3O2S/c1-33-20(31)16-17(15-11(22)5-4-7-13(15)24)29-32-18(16)10-9-28-30(19(10)21(25,26)27)14-8-3-2-6-12(14)23/h2-9H,1H3. The largest absolute Gasteiger partial charge is 0.434 e. The van der Waals surface area contributed by atoms with Crippen LogP contribution in [0.2, 0.25) is 5.02 Å². The number of hydrogen-bond donors (Lipinski definition) is 0. The van der Waals surface area contributed by atoms with Gasteiger partial charge in [0.1, 0.15) is 28.6 Å². The smallest absolute Gasteiger partial charge is 0.355 e. The van der Waals surface area contributed by atoms with Crippen molar-refractivity contribution < 1.29 is 31.3 Å². The molecule has 170 valence electrons. The number of halogens is 6. The van der Waals surface area contributed by atoms with E-state index < -0.39 is 51.2 Å². The number of nitrogens with zero attached hydrogens (tertiary/aromatic N) is 3. The van der Waals surface area contributed by atoms with Crippen molar-refractivity contribution >= 4 is 28.5 Å². The number of alkyl halides is 3. The number of benzene rings is 2. The first-order valence-corrected chi connectivity index (χ1v) is 10.7. The molecule has 0 aliphatic rings. The third-order valence-corrected chi connectivity index (χ3v) is 5.53. The van der Waals surface area contributed by atoms with E-state index in [4.69, 9.17) is 16.1 Å². The summed E-state index contributed by atoms with van der Waals surface area (Å²) in [4.78, 5) is 12.7. The van der Waals surface area contributed by atoms with Crippen LogP contribution < -0.4 is 0 Å². The molecule has 0 atom stereocenters. The molecule has 0 aliphatic carbocycles. The molecule has 0 N–H and O–H groups in total. The first kappa shape index (κ1) is 23.0. The summed E-state index contributed by atoms with van der Waals surface area (Å²) in [6.07, 6.45) is -2.87. The first-order valence-electron chi connectivity index (χ1n) is 9.08. The molecular weight excluding hydrogens is 489 g/mol. The zero-order chi connectivity index (χ0) is 23.9. The van der Waals surface area contributed by atoms with Crippen molar-refractivity contribution in [3.05, 3.63) is 76.6 Å². The van der Waals surface area contributed by atoms with Gasteiger partial charge in [-0.2, -0.15) is 18.3 Å². The number of aromatic nitrogens is 3. The molecule has 0 fully saturated rings. The predicted molar refractivity (Wildman–Crippen MR) is 112 cm³/mol. The Hall–Kier alpha value is -3.18. The molecule has 0 spiro atoms. The van der Waals surface area contributed by atoms with E-state index in [1.165, 1.54) is 30.5 Å². The Morgan fingerprint density at radius 2 is 1.79 bits per heavy atom. The van der Waals surface area contributed by atoms with E-state index in [1.54, 1.807) is 0 Å². The van der Waals surface area contributed by atoms with Crippen molar-refractivity contribution in [2.45, 2.75) is 6.18 Å².